The van der Waals surface area contributed by atoms with Crippen LogP contribution in [0.3, 0.4) is 0 Å². The maximum Gasteiger partial charge on any atom is 0.265 e. The second-order valence-corrected chi connectivity index (χ2v) is 6.50. The Morgan fingerprint density at radius 2 is 1.88 bits per heavy atom. The fourth-order valence-corrected chi connectivity index (χ4v) is 3.16. The summed E-state index contributed by atoms with van der Waals surface area (Å²) in [4.78, 5) is 26.6. The van der Waals surface area contributed by atoms with Gasteiger partial charge in [0.2, 0.25) is 0 Å². The molecule has 1 N–H and O–H groups in total. The molecule has 0 unspecified atom stereocenters. The maximum absolute atomic E-state index is 12.7. The highest BCUT2D eigenvalue weighted by Gasteiger charge is 2.50. The van der Waals surface area contributed by atoms with E-state index < -0.39 is 11.5 Å². The van der Waals surface area contributed by atoms with Crippen molar-refractivity contribution in [3.8, 4) is 12.3 Å². The molecule has 120 valence electrons. The third-order valence-electron chi connectivity index (χ3n) is 4.07. The van der Waals surface area contributed by atoms with Gasteiger partial charge in [-0.15, -0.1) is 6.42 Å². The second kappa shape index (κ2) is 6.23. The zero-order valence-electron chi connectivity index (χ0n) is 12.7. The van der Waals surface area contributed by atoms with Crippen LogP contribution in [0.5, 0.6) is 0 Å². The molecule has 3 rings (SSSR count). The van der Waals surface area contributed by atoms with Gasteiger partial charge in [-0.3, -0.25) is 14.5 Å². The van der Waals surface area contributed by atoms with Crippen LogP contribution in [-0.4, -0.2) is 23.3 Å². The summed E-state index contributed by atoms with van der Waals surface area (Å²) in [5.41, 5.74) is -0.494. The molecule has 0 saturated carbocycles. The molecule has 4 nitrogen and oxygen atoms in total. The largest absolute Gasteiger partial charge is 0.375 e. The average Bonchev–Trinajstić information content (AvgIpc) is 2.78. The highest BCUT2D eigenvalue weighted by atomic mass is 79.9. The van der Waals surface area contributed by atoms with Crippen LogP contribution in [-0.2, 0) is 10.4 Å². The number of halogens is 1. The van der Waals surface area contributed by atoms with Gasteiger partial charge in [-0.1, -0.05) is 52.2 Å². The highest BCUT2D eigenvalue weighted by Crippen LogP contribution is 2.42. The van der Waals surface area contributed by atoms with Gasteiger partial charge in [0.15, 0.2) is 11.4 Å². The predicted molar refractivity (Wildman–Crippen MR) is 94.6 cm³/mol. The highest BCUT2D eigenvalue weighted by molar-refractivity contribution is 9.10. The van der Waals surface area contributed by atoms with E-state index in [1.54, 1.807) is 48.5 Å². The number of carbonyl (C=O) groups excluding carboxylic acids is 2. The van der Waals surface area contributed by atoms with E-state index in [1.165, 1.54) is 4.90 Å². The molecule has 0 aromatic heterocycles. The van der Waals surface area contributed by atoms with Gasteiger partial charge in [-0.2, -0.15) is 0 Å². The predicted octanol–water partition coefficient (Wildman–Crippen LogP) is 2.89. The van der Waals surface area contributed by atoms with Crippen molar-refractivity contribution in [3.05, 3.63) is 64.1 Å². The summed E-state index contributed by atoms with van der Waals surface area (Å²) in [6.07, 6.45) is 5.00. The molecular weight excluding hydrogens is 370 g/mol. The third kappa shape index (κ3) is 2.64. The molecule has 2 aromatic rings. The number of fused-ring (bicyclic) bond motifs is 1. The first-order chi connectivity index (χ1) is 11.5. The summed E-state index contributed by atoms with van der Waals surface area (Å²) in [5, 5.41) is 11.0. The number of amides is 1. The summed E-state index contributed by atoms with van der Waals surface area (Å²) < 4.78 is 0.847. The summed E-state index contributed by atoms with van der Waals surface area (Å²) >= 11 is 3.31. The minimum absolute atomic E-state index is 0.0463. The number of nitrogens with zero attached hydrogens (tertiary/aromatic N) is 1. The first-order valence-electron chi connectivity index (χ1n) is 7.33. The van der Waals surface area contributed by atoms with Gasteiger partial charge < -0.3 is 5.11 Å². The van der Waals surface area contributed by atoms with Crippen molar-refractivity contribution in [1.82, 2.24) is 0 Å². The monoisotopic (exact) mass is 383 g/mol. The van der Waals surface area contributed by atoms with E-state index in [1.807, 2.05) is 0 Å². The molecule has 0 fully saturated rings. The van der Waals surface area contributed by atoms with Gasteiger partial charge in [0.05, 0.1) is 18.7 Å². The minimum atomic E-state index is -1.89. The molecule has 1 atom stereocenters. The zero-order chi connectivity index (χ0) is 17.3. The van der Waals surface area contributed by atoms with Gasteiger partial charge in [0.1, 0.15) is 0 Å². The van der Waals surface area contributed by atoms with E-state index in [2.05, 4.69) is 21.9 Å². The normalized spacial score (nSPS) is 19.0. The van der Waals surface area contributed by atoms with Gasteiger partial charge >= 0.3 is 0 Å². The van der Waals surface area contributed by atoms with Crippen molar-refractivity contribution >= 4 is 33.3 Å². The fourth-order valence-electron chi connectivity index (χ4n) is 2.90. The van der Waals surface area contributed by atoms with Crippen LogP contribution in [0, 0.1) is 12.3 Å². The molecule has 0 aliphatic carbocycles. The Hall–Kier alpha value is -2.42. The van der Waals surface area contributed by atoms with Crippen molar-refractivity contribution in [2.45, 2.75) is 12.0 Å². The molecule has 1 amide bonds. The maximum atomic E-state index is 12.7. The fraction of sp³-hybridized carbons (Fsp3) is 0.158. The van der Waals surface area contributed by atoms with E-state index in [4.69, 9.17) is 6.42 Å². The smallest absolute Gasteiger partial charge is 0.265 e. The van der Waals surface area contributed by atoms with E-state index >= 15 is 0 Å². The quantitative estimate of drug-likeness (QED) is 0.652. The number of ketones is 1. The third-order valence-corrected chi connectivity index (χ3v) is 4.60. The SMILES string of the molecule is C#CCN1C(=O)[C@@](O)(CC(=O)c2ccc(Br)cc2)c2ccccc21. The van der Waals surface area contributed by atoms with Crippen LogP contribution in [0.2, 0.25) is 0 Å². The lowest BCUT2D eigenvalue weighted by atomic mass is 9.88. The van der Waals surface area contributed by atoms with Crippen molar-refractivity contribution in [2.24, 2.45) is 0 Å². The number of terminal acetylenes is 1. The van der Waals surface area contributed by atoms with Crippen molar-refractivity contribution < 1.29 is 14.7 Å². The van der Waals surface area contributed by atoms with Crippen molar-refractivity contribution in [3.63, 3.8) is 0 Å². The van der Waals surface area contributed by atoms with Gasteiger partial charge in [0.25, 0.3) is 5.91 Å². The topological polar surface area (TPSA) is 57.6 Å². The molecule has 0 radical (unpaired) electrons. The molecule has 0 spiro atoms. The molecule has 1 aliphatic heterocycles. The number of hydrogen-bond donors (Lipinski definition) is 1. The number of aliphatic hydroxyl groups is 1. The Morgan fingerprint density at radius 1 is 1.21 bits per heavy atom. The molecule has 2 aromatic carbocycles. The Labute approximate surface area is 148 Å². The molecule has 1 aliphatic rings. The summed E-state index contributed by atoms with van der Waals surface area (Å²) in [6, 6.07) is 13.6. The minimum Gasteiger partial charge on any atom is -0.375 e. The summed E-state index contributed by atoms with van der Waals surface area (Å²) in [6.45, 7) is 0.0463. The number of rotatable bonds is 4. The van der Waals surface area contributed by atoms with E-state index in [9.17, 15) is 14.7 Å². The molecule has 24 heavy (non-hydrogen) atoms. The first-order valence-corrected chi connectivity index (χ1v) is 8.13. The van der Waals surface area contributed by atoms with E-state index in [0.29, 0.717) is 16.8 Å². The van der Waals surface area contributed by atoms with Crippen LogP contribution >= 0.6 is 15.9 Å². The van der Waals surface area contributed by atoms with Crippen LogP contribution < -0.4 is 4.90 Å². The Kier molecular flexibility index (Phi) is 4.27. The van der Waals surface area contributed by atoms with Crippen LogP contribution in [0.1, 0.15) is 22.3 Å². The summed E-state index contributed by atoms with van der Waals surface area (Å²) in [7, 11) is 0. The van der Waals surface area contributed by atoms with Crippen molar-refractivity contribution in [1.29, 1.82) is 0 Å². The number of para-hydroxylation sites is 1. The number of hydrogen-bond acceptors (Lipinski definition) is 3. The van der Waals surface area contributed by atoms with Crippen LogP contribution in [0.4, 0.5) is 5.69 Å². The lowest BCUT2D eigenvalue weighted by Gasteiger charge is -2.21. The van der Waals surface area contributed by atoms with Crippen molar-refractivity contribution in [2.75, 3.05) is 11.4 Å². The van der Waals surface area contributed by atoms with Crippen LogP contribution in [0.15, 0.2) is 53.0 Å². The molecule has 0 bridgehead atoms. The molecule has 5 heteroatoms. The Balaban J connectivity index is 1.97. The lowest BCUT2D eigenvalue weighted by Crippen LogP contribution is -2.42. The molecule has 0 saturated heterocycles. The number of Topliss-reactive ketones (excluding diaryl/α,β-unsaturated/α-hetero) is 1. The Morgan fingerprint density at radius 3 is 2.54 bits per heavy atom. The molecule has 1 heterocycles. The zero-order valence-corrected chi connectivity index (χ0v) is 14.3. The Bertz CT molecular complexity index is 854. The summed E-state index contributed by atoms with van der Waals surface area (Å²) in [5.74, 6) is 1.54. The van der Waals surface area contributed by atoms with Gasteiger partial charge in [0, 0.05) is 15.6 Å². The molecular formula is C19H14BrNO3. The average molecular weight is 384 g/mol. The second-order valence-electron chi connectivity index (χ2n) is 5.58. The number of benzene rings is 2. The lowest BCUT2D eigenvalue weighted by molar-refractivity contribution is -0.135. The van der Waals surface area contributed by atoms with E-state index in [0.717, 1.165) is 4.47 Å². The van der Waals surface area contributed by atoms with Crippen LogP contribution in [0.25, 0.3) is 0 Å². The number of carbonyl (C=O) groups is 2. The van der Waals surface area contributed by atoms with Gasteiger partial charge in [-0.25, -0.2) is 0 Å². The first kappa shape index (κ1) is 16.4. The number of anilines is 1. The standard InChI is InChI=1S/C19H14BrNO3/c1-2-11-21-16-6-4-3-5-15(16)19(24,18(21)23)12-17(22)13-7-9-14(20)10-8-13/h1,3-10,24H,11-12H2/t19-/m1/s1. The van der Waals surface area contributed by atoms with E-state index in [-0.39, 0.29) is 18.7 Å². The van der Waals surface area contributed by atoms with Gasteiger partial charge in [-0.05, 0) is 18.2 Å².